The molecule has 0 fully saturated rings. The van der Waals surface area contributed by atoms with Gasteiger partial charge in [0.2, 0.25) is 5.91 Å². The van der Waals surface area contributed by atoms with Gasteiger partial charge in [-0.15, -0.1) is 0 Å². The molecule has 0 aromatic rings. The Bertz CT molecular complexity index is 283. The van der Waals surface area contributed by atoms with Crippen molar-refractivity contribution >= 4 is 5.91 Å². The van der Waals surface area contributed by atoms with Crippen LogP contribution in [0.15, 0.2) is 0 Å². The molecule has 0 spiro atoms. The average molecular weight is 238 g/mol. The highest BCUT2D eigenvalue weighted by Crippen LogP contribution is 2.22. The zero-order valence-corrected chi connectivity index (χ0v) is 12.0. The van der Waals surface area contributed by atoms with Gasteiger partial charge in [0.1, 0.15) is 5.41 Å². The quantitative estimate of drug-likeness (QED) is 0.773. The number of nitrogens with one attached hydrogen (secondary N) is 1. The van der Waals surface area contributed by atoms with Gasteiger partial charge in [0.15, 0.2) is 0 Å². The van der Waals surface area contributed by atoms with Gasteiger partial charge in [-0.05, 0) is 31.1 Å². The lowest BCUT2D eigenvalue weighted by atomic mass is 9.84. The molecule has 0 aliphatic carbocycles. The summed E-state index contributed by atoms with van der Waals surface area (Å²) in [6, 6.07) is 2.10. The Morgan fingerprint density at radius 1 is 1.29 bits per heavy atom. The molecule has 98 valence electrons. The van der Waals surface area contributed by atoms with E-state index < -0.39 is 5.41 Å². The average Bonchev–Trinajstić information content (AvgIpc) is 2.26. The molecule has 17 heavy (non-hydrogen) atoms. The van der Waals surface area contributed by atoms with E-state index in [1.807, 2.05) is 6.92 Å². The van der Waals surface area contributed by atoms with Crippen LogP contribution in [0.2, 0.25) is 0 Å². The van der Waals surface area contributed by atoms with Gasteiger partial charge >= 0.3 is 0 Å². The van der Waals surface area contributed by atoms with Crippen molar-refractivity contribution in [3.63, 3.8) is 0 Å². The lowest BCUT2D eigenvalue weighted by Crippen LogP contribution is -2.41. The monoisotopic (exact) mass is 238 g/mol. The van der Waals surface area contributed by atoms with Gasteiger partial charge < -0.3 is 5.32 Å². The molecule has 0 saturated carbocycles. The van der Waals surface area contributed by atoms with E-state index in [0.717, 1.165) is 0 Å². The van der Waals surface area contributed by atoms with Crippen LogP contribution >= 0.6 is 0 Å². The van der Waals surface area contributed by atoms with Crippen molar-refractivity contribution in [3.8, 4) is 6.07 Å². The SMILES string of the molecule is CCC(C)(C#N)C(=O)NCC(C(C)C)C(C)C. The third-order valence-corrected chi connectivity index (χ3v) is 3.67. The second kappa shape index (κ2) is 6.64. The summed E-state index contributed by atoms with van der Waals surface area (Å²) in [5, 5.41) is 12.0. The van der Waals surface area contributed by atoms with Crippen molar-refractivity contribution in [1.29, 1.82) is 5.26 Å². The highest BCUT2D eigenvalue weighted by Gasteiger charge is 2.31. The number of nitriles is 1. The third kappa shape index (κ3) is 4.38. The second-order valence-corrected chi connectivity index (χ2v) is 5.66. The summed E-state index contributed by atoms with van der Waals surface area (Å²) in [5.41, 5.74) is -0.890. The molecule has 0 aromatic carbocycles. The van der Waals surface area contributed by atoms with Crippen molar-refractivity contribution < 1.29 is 4.79 Å². The molecule has 0 aromatic heterocycles. The van der Waals surface area contributed by atoms with Gasteiger partial charge in [0, 0.05) is 6.54 Å². The molecular formula is C14H26N2O. The van der Waals surface area contributed by atoms with Gasteiger partial charge in [0.05, 0.1) is 6.07 Å². The zero-order chi connectivity index (χ0) is 13.6. The van der Waals surface area contributed by atoms with E-state index in [0.29, 0.717) is 30.7 Å². The standard InChI is InChI=1S/C14H26N2O/c1-7-14(6,9-15)13(17)16-8-12(10(2)3)11(4)5/h10-12H,7-8H2,1-6H3,(H,16,17). The summed E-state index contributed by atoms with van der Waals surface area (Å²) in [7, 11) is 0. The van der Waals surface area contributed by atoms with E-state index in [1.54, 1.807) is 6.92 Å². The fraction of sp³-hybridized carbons (Fsp3) is 0.857. The number of nitrogens with zero attached hydrogens (tertiary/aromatic N) is 1. The van der Waals surface area contributed by atoms with Crippen molar-refractivity contribution in [2.45, 2.75) is 48.0 Å². The van der Waals surface area contributed by atoms with Gasteiger partial charge in [-0.25, -0.2) is 0 Å². The first-order valence-corrected chi connectivity index (χ1v) is 6.48. The first-order chi connectivity index (χ1) is 7.78. The Morgan fingerprint density at radius 3 is 2.06 bits per heavy atom. The number of carbonyl (C=O) groups excluding carboxylic acids is 1. The van der Waals surface area contributed by atoms with Crippen LogP contribution in [0.25, 0.3) is 0 Å². The Hall–Kier alpha value is -1.04. The van der Waals surface area contributed by atoms with Crippen LogP contribution in [0.1, 0.15) is 48.0 Å². The Balaban J connectivity index is 4.47. The van der Waals surface area contributed by atoms with E-state index in [9.17, 15) is 4.79 Å². The fourth-order valence-electron chi connectivity index (χ4n) is 1.94. The van der Waals surface area contributed by atoms with Gasteiger partial charge in [-0.1, -0.05) is 34.6 Å². The lowest BCUT2D eigenvalue weighted by molar-refractivity contribution is -0.127. The molecule has 0 bridgehead atoms. The minimum Gasteiger partial charge on any atom is -0.354 e. The fourth-order valence-corrected chi connectivity index (χ4v) is 1.94. The molecule has 1 unspecified atom stereocenters. The lowest BCUT2D eigenvalue weighted by Gasteiger charge is -2.27. The molecule has 0 aliphatic rings. The molecule has 0 rings (SSSR count). The predicted octanol–water partition coefficient (Wildman–Crippen LogP) is 2.97. The van der Waals surface area contributed by atoms with Crippen molar-refractivity contribution in [2.24, 2.45) is 23.2 Å². The third-order valence-electron chi connectivity index (χ3n) is 3.67. The maximum absolute atomic E-state index is 11.9. The number of amides is 1. The first-order valence-electron chi connectivity index (χ1n) is 6.48. The van der Waals surface area contributed by atoms with Crippen LogP contribution in [0.5, 0.6) is 0 Å². The molecule has 1 atom stereocenters. The molecule has 1 N–H and O–H groups in total. The Labute approximate surface area is 106 Å². The predicted molar refractivity (Wildman–Crippen MR) is 70.2 cm³/mol. The Kier molecular flexibility index (Phi) is 6.23. The van der Waals surface area contributed by atoms with Crippen LogP contribution in [-0.4, -0.2) is 12.5 Å². The summed E-state index contributed by atoms with van der Waals surface area (Å²) >= 11 is 0. The molecule has 3 nitrogen and oxygen atoms in total. The van der Waals surface area contributed by atoms with Gasteiger partial charge in [-0.3, -0.25) is 4.79 Å². The Morgan fingerprint density at radius 2 is 1.76 bits per heavy atom. The van der Waals surface area contributed by atoms with Crippen LogP contribution in [0, 0.1) is 34.5 Å². The summed E-state index contributed by atoms with van der Waals surface area (Å²) in [6.45, 7) is 12.9. The maximum Gasteiger partial charge on any atom is 0.240 e. The first kappa shape index (κ1) is 16.0. The van der Waals surface area contributed by atoms with E-state index >= 15 is 0 Å². The minimum atomic E-state index is -0.890. The summed E-state index contributed by atoms with van der Waals surface area (Å²) in [4.78, 5) is 11.9. The summed E-state index contributed by atoms with van der Waals surface area (Å²) in [5.74, 6) is 1.38. The minimum absolute atomic E-state index is 0.145. The molecular weight excluding hydrogens is 212 g/mol. The van der Waals surface area contributed by atoms with E-state index in [4.69, 9.17) is 5.26 Å². The molecule has 0 saturated heterocycles. The van der Waals surface area contributed by atoms with E-state index in [2.05, 4.69) is 39.1 Å². The molecule has 0 radical (unpaired) electrons. The number of hydrogen-bond acceptors (Lipinski definition) is 2. The van der Waals surface area contributed by atoms with Crippen molar-refractivity contribution in [3.05, 3.63) is 0 Å². The van der Waals surface area contributed by atoms with Gasteiger partial charge in [0.25, 0.3) is 0 Å². The highest BCUT2D eigenvalue weighted by atomic mass is 16.2. The molecule has 0 aliphatic heterocycles. The van der Waals surface area contributed by atoms with Gasteiger partial charge in [-0.2, -0.15) is 5.26 Å². The molecule has 1 amide bonds. The van der Waals surface area contributed by atoms with E-state index in [1.165, 1.54) is 0 Å². The largest absolute Gasteiger partial charge is 0.354 e. The van der Waals surface area contributed by atoms with Crippen LogP contribution in [0.3, 0.4) is 0 Å². The normalized spacial score (nSPS) is 14.8. The van der Waals surface area contributed by atoms with Crippen LogP contribution < -0.4 is 5.32 Å². The van der Waals surface area contributed by atoms with E-state index in [-0.39, 0.29) is 5.91 Å². The number of carbonyl (C=O) groups is 1. The van der Waals surface area contributed by atoms with Crippen molar-refractivity contribution in [1.82, 2.24) is 5.32 Å². The number of rotatable bonds is 6. The summed E-state index contributed by atoms with van der Waals surface area (Å²) in [6.07, 6.45) is 0.545. The molecule has 3 heteroatoms. The van der Waals surface area contributed by atoms with Crippen molar-refractivity contribution in [2.75, 3.05) is 6.54 Å². The second-order valence-electron chi connectivity index (χ2n) is 5.66. The number of hydrogen-bond donors (Lipinski definition) is 1. The molecule has 0 heterocycles. The highest BCUT2D eigenvalue weighted by molar-refractivity contribution is 5.84. The van der Waals surface area contributed by atoms with Crippen LogP contribution in [-0.2, 0) is 4.79 Å². The maximum atomic E-state index is 11.9. The smallest absolute Gasteiger partial charge is 0.240 e. The zero-order valence-electron chi connectivity index (χ0n) is 12.0. The summed E-state index contributed by atoms with van der Waals surface area (Å²) < 4.78 is 0. The van der Waals surface area contributed by atoms with Crippen LogP contribution in [0.4, 0.5) is 0 Å². The topological polar surface area (TPSA) is 52.9 Å².